The van der Waals surface area contributed by atoms with Crippen molar-refractivity contribution in [1.29, 1.82) is 0 Å². The molecular weight excluding hydrogens is 382 g/mol. The number of anilines is 1. The van der Waals surface area contributed by atoms with Gasteiger partial charge in [-0.2, -0.15) is 0 Å². The van der Waals surface area contributed by atoms with Crippen LogP contribution in [0.5, 0.6) is 11.5 Å². The average molecular weight is 404 g/mol. The maximum absolute atomic E-state index is 12.4. The molecule has 0 unspecified atom stereocenters. The molecule has 0 spiro atoms. The average Bonchev–Trinajstić information content (AvgIpc) is 2.59. The lowest BCUT2D eigenvalue weighted by Gasteiger charge is -2.11. The van der Waals surface area contributed by atoms with E-state index in [0.29, 0.717) is 36.1 Å². The first kappa shape index (κ1) is 19.1. The fourth-order valence-electron chi connectivity index (χ4n) is 2.04. The minimum Gasteiger partial charge on any atom is -0.493 e. The number of hydrogen-bond donors (Lipinski definition) is 1. The number of amides is 1. The lowest BCUT2D eigenvalue weighted by Crippen LogP contribution is -2.12. The minimum atomic E-state index is -0.197. The summed E-state index contributed by atoms with van der Waals surface area (Å²) in [6.07, 6.45) is 1.67. The number of ether oxygens (including phenoxy) is 2. The first-order chi connectivity index (χ1) is 12.0. The van der Waals surface area contributed by atoms with Crippen LogP contribution in [-0.4, -0.2) is 19.1 Å². The molecular formula is C20H22BrNO3. The summed E-state index contributed by atoms with van der Waals surface area (Å²) in [4.78, 5) is 12.4. The molecule has 0 heterocycles. The Labute approximate surface area is 157 Å². The Hall–Kier alpha value is -2.27. The topological polar surface area (TPSA) is 47.6 Å². The van der Waals surface area contributed by atoms with Gasteiger partial charge in [-0.25, -0.2) is 0 Å². The van der Waals surface area contributed by atoms with Gasteiger partial charge in [-0.05, 0) is 52.2 Å². The highest BCUT2D eigenvalue weighted by Crippen LogP contribution is 2.27. The van der Waals surface area contributed by atoms with Crippen molar-refractivity contribution < 1.29 is 14.3 Å². The number of benzene rings is 2. The van der Waals surface area contributed by atoms with Crippen molar-refractivity contribution in [3.05, 3.63) is 65.2 Å². The first-order valence-corrected chi connectivity index (χ1v) is 8.86. The van der Waals surface area contributed by atoms with E-state index in [4.69, 9.17) is 9.47 Å². The molecule has 5 heteroatoms. The van der Waals surface area contributed by atoms with Crippen molar-refractivity contribution in [2.75, 3.05) is 18.5 Å². The summed E-state index contributed by atoms with van der Waals surface area (Å²) in [5, 5.41) is 2.88. The molecule has 25 heavy (non-hydrogen) atoms. The largest absolute Gasteiger partial charge is 0.493 e. The van der Waals surface area contributed by atoms with Crippen molar-refractivity contribution in [3.8, 4) is 11.5 Å². The van der Waals surface area contributed by atoms with Gasteiger partial charge in [0.15, 0.2) is 0 Å². The van der Waals surface area contributed by atoms with E-state index in [0.717, 1.165) is 10.2 Å². The molecule has 0 saturated heterocycles. The normalized spacial score (nSPS) is 10.4. The molecule has 0 aromatic heterocycles. The highest BCUT2D eigenvalue weighted by molar-refractivity contribution is 9.10. The zero-order chi connectivity index (χ0) is 18.2. The van der Waals surface area contributed by atoms with Crippen LogP contribution in [0.15, 0.2) is 59.6 Å². The third-order valence-electron chi connectivity index (χ3n) is 3.23. The van der Waals surface area contributed by atoms with Crippen molar-refractivity contribution in [2.24, 2.45) is 5.92 Å². The summed E-state index contributed by atoms with van der Waals surface area (Å²) in [5.41, 5.74) is 1.22. The maximum Gasteiger partial charge on any atom is 0.255 e. The summed E-state index contributed by atoms with van der Waals surface area (Å²) >= 11 is 3.42. The monoisotopic (exact) mass is 403 g/mol. The van der Waals surface area contributed by atoms with Gasteiger partial charge < -0.3 is 14.8 Å². The third-order valence-corrected chi connectivity index (χ3v) is 3.85. The molecule has 0 radical (unpaired) electrons. The Morgan fingerprint density at radius 2 is 2.04 bits per heavy atom. The molecule has 132 valence electrons. The number of halogens is 1. The molecule has 0 atom stereocenters. The van der Waals surface area contributed by atoms with Crippen LogP contribution in [0.4, 0.5) is 5.69 Å². The van der Waals surface area contributed by atoms with Gasteiger partial charge in [0.1, 0.15) is 18.1 Å². The number of carbonyl (C=O) groups is 1. The van der Waals surface area contributed by atoms with E-state index in [1.54, 1.807) is 24.3 Å². The summed E-state index contributed by atoms with van der Waals surface area (Å²) < 4.78 is 11.9. The molecule has 2 aromatic rings. The molecule has 0 saturated carbocycles. The summed E-state index contributed by atoms with van der Waals surface area (Å²) in [6, 6.07) is 12.6. The van der Waals surface area contributed by atoms with Crippen LogP contribution >= 0.6 is 15.9 Å². The molecule has 0 aliphatic rings. The van der Waals surface area contributed by atoms with Gasteiger partial charge >= 0.3 is 0 Å². The number of hydrogen-bond acceptors (Lipinski definition) is 3. The number of rotatable bonds is 8. The van der Waals surface area contributed by atoms with Crippen molar-refractivity contribution >= 4 is 27.5 Å². The molecule has 4 nitrogen and oxygen atoms in total. The van der Waals surface area contributed by atoms with E-state index in [1.165, 1.54) is 0 Å². The highest BCUT2D eigenvalue weighted by Gasteiger charge is 2.10. The zero-order valence-electron chi connectivity index (χ0n) is 14.4. The Balaban J connectivity index is 2.05. The quantitative estimate of drug-likeness (QED) is 0.608. The second-order valence-corrected chi connectivity index (χ2v) is 6.79. The van der Waals surface area contributed by atoms with Crippen LogP contribution in [0.1, 0.15) is 24.2 Å². The van der Waals surface area contributed by atoms with E-state index in [9.17, 15) is 4.79 Å². The van der Waals surface area contributed by atoms with Gasteiger partial charge in [-0.1, -0.05) is 32.6 Å². The van der Waals surface area contributed by atoms with Gasteiger partial charge in [0.2, 0.25) is 0 Å². The van der Waals surface area contributed by atoms with E-state index >= 15 is 0 Å². The lowest BCUT2D eigenvalue weighted by molar-refractivity contribution is 0.102. The third kappa shape index (κ3) is 5.94. The van der Waals surface area contributed by atoms with Crippen molar-refractivity contribution in [1.82, 2.24) is 0 Å². The second-order valence-electron chi connectivity index (χ2n) is 5.93. The van der Waals surface area contributed by atoms with Crippen molar-refractivity contribution in [2.45, 2.75) is 13.8 Å². The standard InChI is InChI=1S/C20H22BrNO3/c1-4-10-24-19-9-8-15(11-18(19)21)20(23)22-16-6-5-7-17(12-16)25-13-14(2)3/h4-9,11-12,14H,1,10,13H2,2-3H3,(H,22,23). The van der Waals surface area contributed by atoms with Gasteiger partial charge in [0.05, 0.1) is 11.1 Å². The lowest BCUT2D eigenvalue weighted by atomic mass is 10.2. The summed E-state index contributed by atoms with van der Waals surface area (Å²) in [7, 11) is 0. The second kappa shape index (κ2) is 9.28. The highest BCUT2D eigenvalue weighted by atomic mass is 79.9. The smallest absolute Gasteiger partial charge is 0.255 e. The molecule has 2 rings (SSSR count). The van der Waals surface area contributed by atoms with Gasteiger partial charge in [0.25, 0.3) is 5.91 Å². The van der Waals surface area contributed by atoms with Gasteiger partial charge in [0, 0.05) is 17.3 Å². The fourth-order valence-corrected chi connectivity index (χ4v) is 2.53. The SMILES string of the molecule is C=CCOc1ccc(C(=O)Nc2cccc(OCC(C)C)c2)cc1Br. The number of nitrogens with one attached hydrogen (secondary N) is 1. The fraction of sp³-hybridized carbons (Fsp3) is 0.250. The molecule has 0 fully saturated rings. The Bertz CT molecular complexity index is 743. The van der Waals surface area contributed by atoms with Gasteiger partial charge in [-0.15, -0.1) is 0 Å². The van der Waals surface area contributed by atoms with Crippen LogP contribution in [0.25, 0.3) is 0 Å². The Morgan fingerprint density at radius 1 is 1.24 bits per heavy atom. The van der Waals surface area contributed by atoms with Crippen LogP contribution in [0, 0.1) is 5.92 Å². The zero-order valence-corrected chi connectivity index (χ0v) is 16.0. The predicted molar refractivity (Wildman–Crippen MR) is 105 cm³/mol. The van der Waals surface area contributed by atoms with Crippen molar-refractivity contribution in [3.63, 3.8) is 0 Å². The summed E-state index contributed by atoms with van der Waals surface area (Å²) in [5.74, 6) is 1.65. The van der Waals surface area contributed by atoms with E-state index in [-0.39, 0.29) is 5.91 Å². The molecule has 0 aliphatic heterocycles. The van der Waals surface area contributed by atoms with Crippen LogP contribution in [-0.2, 0) is 0 Å². The van der Waals surface area contributed by atoms with E-state index in [1.807, 2.05) is 24.3 Å². The summed E-state index contributed by atoms with van der Waals surface area (Å²) in [6.45, 7) is 8.84. The van der Waals surface area contributed by atoms with Crippen LogP contribution in [0.3, 0.4) is 0 Å². The van der Waals surface area contributed by atoms with E-state index in [2.05, 4.69) is 41.7 Å². The molecule has 0 bridgehead atoms. The van der Waals surface area contributed by atoms with Crippen LogP contribution < -0.4 is 14.8 Å². The minimum absolute atomic E-state index is 0.197. The number of carbonyl (C=O) groups excluding carboxylic acids is 1. The molecule has 1 N–H and O–H groups in total. The van der Waals surface area contributed by atoms with Gasteiger partial charge in [-0.3, -0.25) is 4.79 Å². The first-order valence-electron chi connectivity index (χ1n) is 8.07. The Morgan fingerprint density at radius 3 is 2.72 bits per heavy atom. The van der Waals surface area contributed by atoms with Crippen LogP contribution in [0.2, 0.25) is 0 Å². The van der Waals surface area contributed by atoms with E-state index < -0.39 is 0 Å². The molecule has 1 amide bonds. The Kier molecular flexibility index (Phi) is 7.07. The predicted octanol–water partition coefficient (Wildman–Crippen LogP) is 5.30. The maximum atomic E-state index is 12.4. The molecule has 2 aromatic carbocycles. The molecule has 0 aliphatic carbocycles.